The van der Waals surface area contributed by atoms with Crippen LogP contribution in [-0.4, -0.2) is 105 Å². The van der Waals surface area contributed by atoms with Crippen molar-refractivity contribution in [2.75, 3.05) is 0 Å². The molecule has 4 unspecified atom stereocenters. The molecule has 4 atom stereocenters. The van der Waals surface area contributed by atoms with Gasteiger partial charge in [-0.2, -0.15) is 0 Å². The summed E-state index contributed by atoms with van der Waals surface area (Å²) in [6.45, 7) is 0. The van der Waals surface area contributed by atoms with Crippen molar-refractivity contribution in [2.45, 2.75) is 24.4 Å². The fourth-order valence-electron chi connectivity index (χ4n) is 0.666. The first-order valence-corrected chi connectivity index (χ1v) is 3.47. The van der Waals surface area contributed by atoms with Gasteiger partial charge in [0.25, 0.3) is 0 Å². The first-order valence-electron chi connectivity index (χ1n) is 3.47. The predicted octanol–water partition coefficient (Wildman–Crippen LogP) is -4.70. The summed E-state index contributed by atoms with van der Waals surface area (Å²) in [7, 11) is 0. The minimum atomic E-state index is -2.36. The molecule has 0 rings (SSSR count). The third-order valence-electron chi connectivity index (χ3n) is 1.50. The van der Waals surface area contributed by atoms with Gasteiger partial charge in [0.1, 0.15) is 12.2 Å². The zero-order valence-electron chi connectivity index (χ0n) is 6.81. The van der Waals surface area contributed by atoms with Gasteiger partial charge in [-0.1, -0.05) is 0 Å². The Morgan fingerprint density at radius 2 is 0.875 bits per heavy atom. The first kappa shape index (κ1) is 21.3. The van der Waals surface area contributed by atoms with Crippen molar-refractivity contribution < 1.29 is 40.2 Å². The fraction of sp³-hybridized carbons (Fsp3) is 0.667. The molecule has 0 saturated carbocycles. The molecule has 16 heavy (non-hydrogen) atoms. The van der Waals surface area contributed by atoms with E-state index in [2.05, 4.69) is 0 Å². The van der Waals surface area contributed by atoms with Crippen LogP contribution < -0.4 is 0 Å². The van der Waals surface area contributed by atoms with Crippen molar-refractivity contribution in [2.24, 2.45) is 0 Å². The average molecular weight is 226 g/mol. The third-order valence-corrected chi connectivity index (χ3v) is 1.50. The van der Waals surface area contributed by atoms with Gasteiger partial charge in [-0.05, 0) is 0 Å². The van der Waals surface area contributed by atoms with Gasteiger partial charge < -0.3 is 30.6 Å². The van der Waals surface area contributed by atoms with Gasteiger partial charge in [0, 0.05) is 0 Å². The second-order valence-electron chi connectivity index (χ2n) is 2.55. The monoisotopic (exact) mass is 226 g/mol. The van der Waals surface area contributed by atoms with E-state index in [0.29, 0.717) is 0 Å². The van der Waals surface area contributed by atoms with Crippen LogP contribution in [0.2, 0.25) is 0 Å². The summed E-state index contributed by atoms with van der Waals surface area (Å²) in [6, 6.07) is 0. The van der Waals surface area contributed by atoms with Gasteiger partial charge in [-0.15, -0.1) is 0 Å². The Hall–Kier alpha value is -0.0252. The molecule has 0 aromatic rings. The van der Waals surface area contributed by atoms with Gasteiger partial charge in [0.05, 0.1) is 0 Å². The van der Waals surface area contributed by atoms with Crippen LogP contribution in [-0.2, 0) is 9.59 Å². The molecule has 6 N–H and O–H groups in total. The van der Waals surface area contributed by atoms with Gasteiger partial charge in [-0.3, -0.25) is 0 Å². The Balaban J connectivity index is -0.000000845. The van der Waals surface area contributed by atoms with E-state index in [-0.39, 0.29) is 37.7 Å². The van der Waals surface area contributed by atoms with Crippen molar-refractivity contribution in [3.63, 3.8) is 0 Å². The van der Waals surface area contributed by atoms with Crippen LogP contribution in [0.3, 0.4) is 0 Å². The summed E-state index contributed by atoms with van der Waals surface area (Å²) >= 11 is 0. The zero-order chi connectivity index (χ0) is 11.5. The molecule has 0 aromatic heterocycles. The Bertz CT molecular complexity index is 211. The number of carboxylic acids is 2. The van der Waals surface area contributed by atoms with Crippen LogP contribution in [0.4, 0.5) is 0 Å². The molecule has 0 bridgehead atoms. The summed E-state index contributed by atoms with van der Waals surface area (Å²) in [5.41, 5.74) is 0. The van der Waals surface area contributed by atoms with Gasteiger partial charge in [0.2, 0.25) is 0 Å². The molecule has 86 valence electrons. The summed E-state index contributed by atoms with van der Waals surface area (Å²) in [6.07, 6.45) is -9.28. The van der Waals surface area contributed by atoms with Crippen molar-refractivity contribution in [3.05, 3.63) is 0 Å². The van der Waals surface area contributed by atoms with E-state index in [9.17, 15) is 9.59 Å². The maximum atomic E-state index is 10.1. The molecule has 0 heterocycles. The van der Waals surface area contributed by atoms with Gasteiger partial charge in [0.15, 0.2) is 12.2 Å². The number of carboxylic acid groups (broad SMARTS) is 2. The number of aliphatic hydroxyl groups is 4. The zero-order valence-corrected chi connectivity index (χ0v) is 6.81. The van der Waals surface area contributed by atoms with Crippen LogP contribution in [0, 0.1) is 0 Å². The predicted molar refractivity (Wildman–Crippen MR) is 53.6 cm³/mol. The van der Waals surface area contributed by atoms with Crippen LogP contribution in [0.1, 0.15) is 0 Å². The molecule has 0 saturated heterocycles. The van der Waals surface area contributed by atoms with Crippen LogP contribution >= 0.6 is 0 Å². The van der Waals surface area contributed by atoms with E-state index < -0.39 is 36.4 Å². The Labute approximate surface area is 114 Å². The van der Waals surface area contributed by atoms with Crippen LogP contribution in [0.5, 0.6) is 0 Å². The van der Waals surface area contributed by atoms with E-state index in [1.165, 1.54) is 0 Å². The molecule has 0 aliphatic carbocycles. The standard InChI is InChI=1S/C6H10O8.2Li.2H/c7-1(3(9)5(11)12)2(8)4(10)6(13)14;;;;/h1-4,7-10H,(H,11,12)(H,13,14);;;;. The van der Waals surface area contributed by atoms with Gasteiger partial charge in [-0.25, -0.2) is 9.59 Å². The third kappa shape index (κ3) is 5.90. The normalized spacial score (nSPS) is 17.0. The average Bonchev–Trinajstić information content (AvgIpc) is 2.12. The second kappa shape index (κ2) is 9.05. The summed E-state index contributed by atoms with van der Waals surface area (Å²) < 4.78 is 0. The summed E-state index contributed by atoms with van der Waals surface area (Å²) in [5.74, 6) is -3.68. The molecule has 0 spiro atoms. The molecule has 0 amide bonds. The van der Waals surface area contributed by atoms with Crippen LogP contribution in [0.15, 0.2) is 0 Å². The SMILES string of the molecule is O=C(O)C(O)C(O)C(O)C(O)C(=O)O.[LiH].[LiH]. The molecule has 0 aliphatic heterocycles. The molecule has 0 aliphatic rings. The number of rotatable bonds is 5. The number of hydrogen-bond donors (Lipinski definition) is 6. The minimum absolute atomic E-state index is 0. The number of hydrogen-bond acceptors (Lipinski definition) is 6. The van der Waals surface area contributed by atoms with Crippen LogP contribution in [0.25, 0.3) is 0 Å². The topological polar surface area (TPSA) is 156 Å². The van der Waals surface area contributed by atoms with E-state index in [0.717, 1.165) is 0 Å². The van der Waals surface area contributed by atoms with Crippen molar-refractivity contribution in [1.29, 1.82) is 0 Å². The molecular formula is C6H12Li2O8. The van der Waals surface area contributed by atoms with Crippen molar-refractivity contribution in [1.82, 2.24) is 0 Å². The van der Waals surface area contributed by atoms with E-state index in [1.54, 1.807) is 0 Å². The molecule has 10 heteroatoms. The van der Waals surface area contributed by atoms with Crippen molar-refractivity contribution >= 4 is 49.7 Å². The molecule has 0 radical (unpaired) electrons. The molecule has 8 nitrogen and oxygen atoms in total. The molecular weight excluding hydrogens is 214 g/mol. The Kier molecular flexibility index (Phi) is 12.0. The van der Waals surface area contributed by atoms with E-state index in [1.807, 2.05) is 0 Å². The number of aliphatic hydroxyl groups excluding tert-OH is 4. The Morgan fingerprint density at radius 3 is 1.00 bits per heavy atom. The molecule has 0 fully saturated rings. The first-order chi connectivity index (χ1) is 6.29. The van der Waals surface area contributed by atoms with Crippen molar-refractivity contribution in [3.8, 4) is 0 Å². The quantitative estimate of drug-likeness (QED) is 0.255. The number of aliphatic carboxylic acids is 2. The Morgan fingerprint density at radius 1 is 0.688 bits per heavy atom. The summed E-state index contributed by atoms with van der Waals surface area (Å²) in [4.78, 5) is 20.2. The van der Waals surface area contributed by atoms with Gasteiger partial charge >= 0.3 is 49.7 Å². The second-order valence-corrected chi connectivity index (χ2v) is 2.55. The number of carbonyl (C=O) groups is 2. The summed E-state index contributed by atoms with van der Waals surface area (Å²) in [5, 5.41) is 51.5. The fourth-order valence-corrected chi connectivity index (χ4v) is 0.666. The maximum absolute atomic E-state index is 10.1. The van der Waals surface area contributed by atoms with E-state index in [4.69, 9.17) is 30.6 Å². The molecule has 0 aromatic carbocycles. The van der Waals surface area contributed by atoms with E-state index >= 15 is 0 Å².